The highest BCUT2D eigenvalue weighted by Gasteiger charge is 2.16. The van der Waals surface area contributed by atoms with Gasteiger partial charge >= 0.3 is 11.9 Å². The lowest BCUT2D eigenvalue weighted by atomic mass is 10.1. The van der Waals surface area contributed by atoms with Crippen molar-refractivity contribution in [1.82, 2.24) is 0 Å². The van der Waals surface area contributed by atoms with Crippen LogP contribution < -0.4 is 10.1 Å². The number of anilines is 1. The van der Waals surface area contributed by atoms with Gasteiger partial charge in [-0.3, -0.25) is 9.59 Å². The number of rotatable bonds is 4. The summed E-state index contributed by atoms with van der Waals surface area (Å²) in [5.41, 5.74) is 0.0369. The Balaban J connectivity index is 3.08. The molecule has 1 amide bonds. The van der Waals surface area contributed by atoms with E-state index in [4.69, 9.17) is 9.84 Å². The minimum atomic E-state index is -1.21. The molecule has 1 aromatic rings. The molecule has 0 aromatic heterocycles. The first kappa shape index (κ1) is 14.7. The van der Waals surface area contributed by atoms with Crippen LogP contribution >= 0.6 is 0 Å². The molecule has 0 saturated carbocycles. The number of nitrogens with one attached hydrogen (secondary N) is 1. The third-order valence-corrected chi connectivity index (χ3v) is 2.27. The second-order valence-electron chi connectivity index (χ2n) is 4.25. The largest absolute Gasteiger partial charge is 0.478 e. The summed E-state index contributed by atoms with van der Waals surface area (Å²) in [5, 5.41) is 11.6. The number of carbonyl (C=O) groups excluding carboxylic acids is 2. The van der Waals surface area contributed by atoms with Crippen LogP contribution in [0, 0.1) is 5.92 Å². The molecule has 6 heteroatoms. The number of carbonyl (C=O) groups is 3. The van der Waals surface area contributed by atoms with E-state index in [0.717, 1.165) is 0 Å². The molecule has 0 unspecified atom stereocenters. The zero-order valence-electron chi connectivity index (χ0n) is 10.9. The zero-order valence-corrected chi connectivity index (χ0v) is 10.9. The SMILES string of the molecule is CC(=O)Oc1ccc(NC(=O)C(C)C)c(C(=O)O)c1. The second-order valence-corrected chi connectivity index (χ2v) is 4.25. The van der Waals surface area contributed by atoms with Crippen LogP contribution in [-0.2, 0) is 9.59 Å². The van der Waals surface area contributed by atoms with E-state index in [1.165, 1.54) is 25.1 Å². The summed E-state index contributed by atoms with van der Waals surface area (Å²) >= 11 is 0. The number of carboxylic acids is 1. The Hall–Kier alpha value is -2.37. The number of ether oxygens (including phenoxy) is 1. The molecule has 0 aliphatic heterocycles. The Morgan fingerprint density at radius 3 is 2.37 bits per heavy atom. The molecule has 0 aliphatic carbocycles. The molecule has 1 aromatic carbocycles. The molecule has 0 spiro atoms. The van der Waals surface area contributed by atoms with Crippen molar-refractivity contribution < 1.29 is 24.2 Å². The van der Waals surface area contributed by atoms with Crippen LogP contribution in [0.25, 0.3) is 0 Å². The van der Waals surface area contributed by atoms with Crippen molar-refractivity contribution in [3.05, 3.63) is 23.8 Å². The summed E-state index contributed by atoms with van der Waals surface area (Å²) in [7, 11) is 0. The molecule has 1 rings (SSSR count). The minimum absolute atomic E-state index is 0.118. The summed E-state index contributed by atoms with van der Waals surface area (Å²) in [5.74, 6) is -2.20. The van der Waals surface area contributed by atoms with Crippen molar-refractivity contribution in [2.75, 3.05) is 5.32 Å². The molecule has 0 radical (unpaired) electrons. The van der Waals surface area contributed by atoms with Gasteiger partial charge in [-0.05, 0) is 18.2 Å². The van der Waals surface area contributed by atoms with Gasteiger partial charge in [-0.15, -0.1) is 0 Å². The van der Waals surface area contributed by atoms with Gasteiger partial charge in [0.15, 0.2) is 0 Å². The van der Waals surface area contributed by atoms with Crippen molar-refractivity contribution in [3.63, 3.8) is 0 Å². The van der Waals surface area contributed by atoms with E-state index in [1.807, 2.05) is 0 Å². The fourth-order valence-electron chi connectivity index (χ4n) is 1.32. The average molecular weight is 265 g/mol. The smallest absolute Gasteiger partial charge is 0.337 e. The highest BCUT2D eigenvalue weighted by molar-refractivity contribution is 6.01. The number of hydrogen-bond acceptors (Lipinski definition) is 4. The first-order chi connectivity index (χ1) is 8.81. The van der Waals surface area contributed by atoms with E-state index in [9.17, 15) is 14.4 Å². The van der Waals surface area contributed by atoms with Crippen molar-refractivity contribution >= 4 is 23.5 Å². The Labute approximate surface area is 110 Å². The lowest BCUT2D eigenvalue weighted by Gasteiger charge is -2.11. The number of aromatic carboxylic acids is 1. The normalized spacial score (nSPS) is 10.1. The first-order valence-corrected chi connectivity index (χ1v) is 5.68. The topological polar surface area (TPSA) is 92.7 Å². The van der Waals surface area contributed by atoms with Gasteiger partial charge in [-0.2, -0.15) is 0 Å². The highest BCUT2D eigenvalue weighted by atomic mass is 16.5. The Morgan fingerprint density at radius 1 is 1.26 bits per heavy atom. The molecule has 0 bridgehead atoms. The van der Waals surface area contributed by atoms with E-state index < -0.39 is 11.9 Å². The van der Waals surface area contributed by atoms with Crippen molar-refractivity contribution in [2.45, 2.75) is 20.8 Å². The maximum atomic E-state index is 11.6. The van der Waals surface area contributed by atoms with Crippen LogP contribution in [0.3, 0.4) is 0 Å². The number of esters is 1. The van der Waals surface area contributed by atoms with E-state index in [0.29, 0.717) is 0 Å². The monoisotopic (exact) mass is 265 g/mol. The summed E-state index contributed by atoms with van der Waals surface area (Å²) in [6, 6.07) is 4.01. The van der Waals surface area contributed by atoms with Crippen LogP contribution in [0.1, 0.15) is 31.1 Å². The fourth-order valence-corrected chi connectivity index (χ4v) is 1.32. The summed E-state index contributed by atoms with van der Waals surface area (Å²) in [6.07, 6.45) is 0. The van der Waals surface area contributed by atoms with E-state index >= 15 is 0 Å². The van der Waals surface area contributed by atoms with Gasteiger partial charge < -0.3 is 15.2 Å². The Bertz CT molecular complexity index is 522. The zero-order chi connectivity index (χ0) is 14.6. The lowest BCUT2D eigenvalue weighted by Crippen LogP contribution is -2.19. The van der Waals surface area contributed by atoms with Crippen molar-refractivity contribution in [1.29, 1.82) is 0 Å². The van der Waals surface area contributed by atoms with Gasteiger partial charge in [0, 0.05) is 12.8 Å². The van der Waals surface area contributed by atoms with Gasteiger partial charge in [-0.1, -0.05) is 13.8 Å². The molecule has 0 aliphatic rings. The van der Waals surface area contributed by atoms with Crippen LogP contribution in [0.15, 0.2) is 18.2 Å². The maximum Gasteiger partial charge on any atom is 0.337 e. The standard InChI is InChI=1S/C13H15NO5/c1-7(2)12(16)14-11-5-4-9(19-8(3)15)6-10(11)13(17)18/h4-7H,1-3H3,(H,14,16)(H,17,18). The number of hydrogen-bond donors (Lipinski definition) is 2. The molecular weight excluding hydrogens is 250 g/mol. The van der Waals surface area contributed by atoms with Crippen molar-refractivity contribution in [3.8, 4) is 5.75 Å². The molecule has 2 N–H and O–H groups in total. The second kappa shape index (κ2) is 5.99. The molecule has 0 heterocycles. The van der Waals surface area contributed by atoms with E-state index in [-0.39, 0.29) is 28.8 Å². The molecule has 0 fully saturated rings. The average Bonchev–Trinajstić information content (AvgIpc) is 2.29. The van der Waals surface area contributed by atoms with E-state index in [2.05, 4.69) is 5.32 Å². The molecule has 102 valence electrons. The molecule has 6 nitrogen and oxygen atoms in total. The minimum Gasteiger partial charge on any atom is -0.478 e. The van der Waals surface area contributed by atoms with Gasteiger partial charge in [-0.25, -0.2) is 4.79 Å². The molecular formula is C13H15NO5. The quantitative estimate of drug-likeness (QED) is 0.640. The van der Waals surface area contributed by atoms with Crippen molar-refractivity contribution in [2.24, 2.45) is 5.92 Å². The molecule has 19 heavy (non-hydrogen) atoms. The lowest BCUT2D eigenvalue weighted by molar-refractivity contribution is -0.131. The predicted molar refractivity (Wildman–Crippen MR) is 68.2 cm³/mol. The number of benzene rings is 1. The first-order valence-electron chi connectivity index (χ1n) is 5.68. The molecule has 0 saturated heterocycles. The Kier molecular flexibility index (Phi) is 4.63. The predicted octanol–water partition coefficient (Wildman–Crippen LogP) is 1.90. The highest BCUT2D eigenvalue weighted by Crippen LogP contribution is 2.23. The number of carboxylic acid groups (broad SMARTS) is 1. The van der Waals surface area contributed by atoms with Crippen LogP contribution in [0.5, 0.6) is 5.75 Å². The van der Waals surface area contributed by atoms with Crippen LogP contribution in [0.2, 0.25) is 0 Å². The van der Waals surface area contributed by atoms with Gasteiger partial charge in [0.05, 0.1) is 11.3 Å². The third kappa shape index (κ3) is 4.09. The fraction of sp³-hybridized carbons (Fsp3) is 0.308. The Morgan fingerprint density at radius 2 is 1.89 bits per heavy atom. The van der Waals surface area contributed by atoms with Gasteiger partial charge in [0.1, 0.15) is 5.75 Å². The van der Waals surface area contributed by atoms with Crippen LogP contribution in [0.4, 0.5) is 5.69 Å². The summed E-state index contributed by atoms with van der Waals surface area (Å²) in [4.78, 5) is 33.5. The third-order valence-electron chi connectivity index (χ3n) is 2.27. The van der Waals surface area contributed by atoms with Gasteiger partial charge in [0.25, 0.3) is 0 Å². The van der Waals surface area contributed by atoms with Crippen LogP contribution in [-0.4, -0.2) is 23.0 Å². The van der Waals surface area contributed by atoms with Gasteiger partial charge in [0.2, 0.25) is 5.91 Å². The summed E-state index contributed by atoms with van der Waals surface area (Å²) in [6.45, 7) is 4.61. The number of amides is 1. The van der Waals surface area contributed by atoms with E-state index in [1.54, 1.807) is 13.8 Å². The maximum absolute atomic E-state index is 11.6. The summed E-state index contributed by atoms with van der Waals surface area (Å²) < 4.78 is 4.80. The molecule has 0 atom stereocenters.